The van der Waals surface area contributed by atoms with E-state index in [0.717, 1.165) is 5.56 Å². The van der Waals surface area contributed by atoms with Crippen molar-refractivity contribution in [3.63, 3.8) is 0 Å². The van der Waals surface area contributed by atoms with Crippen LogP contribution in [-0.4, -0.2) is 22.2 Å². The van der Waals surface area contributed by atoms with E-state index < -0.39 is 0 Å². The molecule has 0 fully saturated rings. The molecule has 138 valence electrons. The zero-order valence-electron chi connectivity index (χ0n) is 15.3. The molecule has 0 saturated heterocycles. The number of para-hydroxylation sites is 2. The van der Waals surface area contributed by atoms with Crippen LogP contribution >= 0.6 is 0 Å². The van der Waals surface area contributed by atoms with Gasteiger partial charge in [-0.2, -0.15) is 0 Å². The molecule has 0 unspecified atom stereocenters. The maximum atomic E-state index is 12.5. The summed E-state index contributed by atoms with van der Waals surface area (Å²) in [5, 5.41) is 14.1. The van der Waals surface area contributed by atoms with E-state index in [1.165, 1.54) is 0 Å². The van der Waals surface area contributed by atoms with Crippen molar-refractivity contribution in [2.45, 2.75) is 26.5 Å². The number of hydrogen-bond acceptors (Lipinski definition) is 5. The predicted octanol–water partition coefficient (Wildman–Crippen LogP) is 4.13. The smallest absolute Gasteiger partial charge is 0.276 e. The van der Waals surface area contributed by atoms with Crippen molar-refractivity contribution in [1.29, 1.82) is 0 Å². The van der Waals surface area contributed by atoms with E-state index in [1.807, 2.05) is 62.4 Å². The minimum Gasteiger partial charge on any atom is -0.489 e. The number of rotatable bonds is 7. The van der Waals surface area contributed by atoms with Gasteiger partial charge >= 0.3 is 0 Å². The van der Waals surface area contributed by atoms with Crippen molar-refractivity contribution in [2.75, 3.05) is 10.6 Å². The van der Waals surface area contributed by atoms with Crippen LogP contribution in [0.25, 0.3) is 0 Å². The third kappa shape index (κ3) is 5.28. The molecular weight excluding hydrogens is 340 g/mol. The summed E-state index contributed by atoms with van der Waals surface area (Å²) in [6, 6.07) is 20.7. The van der Waals surface area contributed by atoms with Gasteiger partial charge in [-0.05, 0) is 43.7 Å². The van der Waals surface area contributed by atoms with E-state index >= 15 is 0 Å². The Bertz CT molecular complexity index is 880. The lowest BCUT2D eigenvalue weighted by Gasteiger charge is -2.14. The first kappa shape index (κ1) is 18.4. The highest BCUT2D eigenvalue weighted by Crippen LogP contribution is 2.25. The van der Waals surface area contributed by atoms with Gasteiger partial charge < -0.3 is 15.4 Å². The number of nitrogens with zero attached hydrogens (tertiary/aromatic N) is 2. The molecule has 2 N–H and O–H groups in total. The van der Waals surface area contributed by atoms with Crippen molar-refractivity contribution >= 4 is 17.4 Å². The van der Waals surface area contributed by atoms with E-state index in [1.54, 1.807) is 18.2 Å². The monoisotopic (exact) mass is 362 g/mol. The Morgan fingerprint density at radius 2 is 1.70 bits per heavy atom. The van der Waals surface area contributed by atoms with Crippen LogP contribution in [0, 0.1) is 0 Å². The fourth-order valence-corrected chi connectivity index (χ4v) is 2.45. The Kier molecular flexibility index (Phi) is 5.99. The SMILES string of the molecule is CC(C)Oc1ccccc1NC(=O)c1ccc(NCc2ccccc2)nn1. The van der Waals surface area contributed by atoms with Gasteiger partial charge in [0.1, 0.15) is 11.6 Å². The summed E-state index contributed by atoms with van der Waals surface area (Å²) in [6.45, 7) is 4.51. The zero-order chi connectivity index (χ0) is 19.1. The average Bonchev–Trinajstić information content (AvgIpc) is 2.69. The molecule has 0 bridgehead atoms. The van der Waals surface area contributed by atoms with Crippen LogP contribution in [0.3, 0.4) is 0 Å². The van der Waals surface area contributed by atoms with Crippen LogP contribution in [0.15, 0.2) is 66.7 Å². The molecular formula is C21H22N4O2. The number of aromatic nitrogens is 2. The van der Waals surface area contributed by atoms with Crippen LogP contribution in [0.2, 0.25) is 0 Å². The summed E-state index contributed by atoms with van der Waals surface area (Å²) < 4.78 is 5.71. The Balaban J connectivity index is 1.62. The van der Waals surface area contributed by atoms with Gasteiger partial charge in [0.2, 0.25) is 0 Å². The topological polar surface area (TPSA) is 76.1 Å². The summed E-state index contributed by atoms with van der Waals surface area (Å²) in [5.74, 6) is 0.894. The highest BCUT2D eigenvalue weighted by molar-refractivity contribution is 6.03. The van der Waals surface area contributed by atoms with Gasteiger partial charge in [0, 0.05) is 6.54 Å². The molecule has 6 nitrogen and oxygen atoms in total. The second-order valence-electron chi connectivity index (χ2n) is 6.26. The van der Waals surface area contributed by atoms with Crippen LogP contribution in [-0.2, 0) is 6.54 Å². The summed E-state index contributed by atoms with van der Waals surface area (Å²) in [6.07, 6.45) is 0.0119. The third-order valence-corrected chi connectivity index (χ3v) is 3.71. The normalized spacial score (nSPS) is 10.5. The first-order valence-corrected chi connectivity index (χ1v) is 8.80. The van der Waals surface area contributed by atoms with E-state index in [0.29, 0.717) is 23.8 Å². The predicted molar refractivity (Wildman–Crippen MR) is 106 cm³/mol. The Morgan fingerprint density at radius 1 is 0.963 bits per heavy atom. The fraction of sp³-hybridized carbons (Fsp3) is 0.190. The maximum absolute atomic E-state index is 12.5. The molecule has 0 aliphatic carbocycles. The molecule has 0 atom stereocenters. The molecule has 1 heterocycles. The minimum absolute atomic E-state index is 0.0119. The van der Waals surface area contributed by atoms with Crippen molar-refractivity contribution < 1.29 is 9.53 Å². The van der Waals surface area contributed by atoms with Gasteiger partial charge in [0.15, 0.2) is 5.69 Å². The quantitative estimate of drug-likeness (QED) is 0.661. The molecule has 0 radical (unpaired) electrons. The Labute approximate surface area is 158 Å². The molecule has 27 heavy (non-hydrogen) atoms. The van der Waals surface area contributed by atoms with Crippen LogP contribution in [0.5, 0.6) is 5.75 Å². The lowest BCUT2D eigenvalue weighted by Crippen LogP contribution is -2.16. The molecule has 1 aromatic heterocycles. The zero-order valence-corrected chi connectivity index (χ0v) is 15.3. The lowest BCUT2D eigenvalue weighted by molar-refractivity contribution is 0.102. The number of amides is 1. The molecule has 0 saturated carbocycles. The minimum atomic E-state index is -0.336. The Morgan fingerprint density at radius 3 is 2.41 bits per heavy atom. The maximum Gasteiger partial charge on any atom is 0.276 e. The van der Waals surface area contributed by atoms with Crippen LogP contribution < -0.4 is 15.4 Å². The van der Waals surface area contributed by atoms with Gasteiger partial charge in [0.05, 0.1) is 11.8 Å². The van der Waals surface area contributed by atoms with Gasteiger partial charge in [-0.3, -0.25) is 4.79 Å². The fourth-order valence-electron chi connectivity index (χ4n) is 2.45. The number of hydrogen-bond donors (Lipinski definition) is 2. The third-order valence-electron chi connectivity index (χ3n) is 3.71. The van der Waals surface area contributed by atoms with Crippen LogP contribution in [0.4, 0.5) is 11.5 Å². The van der Waals surface area contributed by atoms with E-state index in [9.17, 15) is 4.79 Å². The van der Waals surface area contributed by atoms with Gasteiger partial charge in [-0.15, -0.1) is 10.2 Å². The van der Waals surface area contributed by atoms with Crippen molar-refractivity contribution in [2.24, 2.45) is 0 Å². The van der Waals surface area contributed by atoms with Crippen molar-refractivity contribution in [3.8, 4) is 5.75 Å². The number of ether oxygens (including phenoxy) is 1. The standard InChI is InChI=1S/C21H22N4O2/c1-15(2)27-19-11-7-6-10-17(19)23-21(26)18-12-13-20(25-24-18)22-14-16-8-4-3-5-9-16/h3-13,15H,14H2,1-2H3,(H,22,25)(H,23,26). The first-order valence-electron chi connectivity index (χ1n) is 8.80. The number of carbonyl (C=O) groups is 1. The first-order chi connectivity index (χ1) is 13.1. The van der Waals surface area contributed by atoms with E-state index in [4.69, 9.17) is 4.74 Å². The molecule has 3 rings (SSSR count). The number of carbonyl (C=O) groups excluding carboxylic acids is 1. The number of nitrogens with one attached hydrogen (secondary N) is 2. The highest BCUT2D eigenvalue weighted by Gasteiger charge is 2.12. The Hall–Kier alpha value is -3.41. The average molecular weight is 362 g/mol. The molecule has 6 heteroatoms. The molecule has 0 spiro atoms. The number of anilines is 2. The second kappa shape index (κ2) is 8.80. The summed E-state index contributed by atoms with van der Waals surface area (Å²) in [7, 11) is 0. The molecule has 2 aromatic carbocycles. The van der Waals surface area contributed by atoms with E-state index in [2.05, 4.69) is 20.8 Å². The van der Waals surface area contributed by atoms with Gasteiger partial charge in [0.25, 0.3) is 5.91 Å². The summed E-state index contributed by atoms with van der Waals surface area (Å²) >= 11 is 0. The van der Waals surface area contributed by atoms with Gasteiger partial charge in [-0.25, -0.2) is 0 Å². The number of benzene rings is 2. The van der Waals surface area contributed by atoms with E-state index in [-0.39, 0.29) is 17.7 Å². The molecule has 3 aromatic rings. The van der Waals surface area contributed by atoms with Crippen LogP contribution in [0.1, 0.15) is 29.9 Å². The largest absolute Gasteiger partial charge is 0.489 e. The van der Waals surface area contributed by atoms with Gasteiger partial charge in [-0.1, -0.05) is 42.5 Å². The summed E-state index contributed by atoms with van der Waals surface area (Å²) in [5.41, 5.74) is 1.98. The van der Waals surface area contributed by atoms with Crippen molar-refractivity contribution in [3.05, 3.63) is 78.0 Å². The second-order valence-corrected chi connectivity index (χ2v) is 6.26. The molecule has 0 aliphatic heterocycles. The summed E-state index contributed by atoms with van der Waals surface area (Å²) in [4.78, 5) is 12.5. The van der Waals surface area contributed by atoms with Crippen molar-refractivity contribution in [1.82, 2.24) is 10.2 Å². The molecule has 1 amide bonds. The lowest BCUT2D eigenvalue weighted by atomic mass is 10.2. The molecule has 0 aliphatic rings. The highest BCUT2D eigenvalue weighted by atomic mass is 16.5.